The van der Waals surface area contributed by atoms with Crippen molar-refractivity contribution in [3.05, 3.63) is 64.1 Å². The summed E-state index contributed by atoms with van der Waals surface area (Å²) in [6, 6.07) is 13.9. The van der Waals surface area contributed by atoms with Crippen molar-refractivity contribution in [1.82, 2.24) is 4.90 Å². The lowest BCUT2D eigenvalue weighted by Crippen LogP contribution is -2.22. The zero-order chi connectivity index (χ0) is 19.4. The van der Waals surface area contributed by atoms with Gasteiger partial charge >= 0.3 is 0 Å². The van der Waals surface area contributed by atoms with Crippen LogP contribution in [0.1, 0.15) is 23.6 Å². The second-order valence-electron chi connectivity index (χ2n) is 6.15. The fraction of sp³-hybridized carbons (Fsp3) is 0.238. The largest absolute Gasteiger partial charge is 0.490 e. The molecule has 1 aliphatic heterocycles. The lowest BCUT2D eigenvalue weighted by Gasteiger charge is -2.13. The van der Waals surface area contributed by atoms with Crippen LogP contribution in [0.5, 0.6) is 11.5 Å². The Labute approximate surface area is 169 Å². The number of hydrogen-bond acceptors (Lipinski definition) is 5. The molecule has 0 N–H and O–H groups in total. The van der Waals surface area contributed by atoms with Crippen molar-refractivity contribution < 1.29 is 14.3 Å². The Balaban J connectivity index is 1.79. The number of hydrogen-bond donors (Lipinski definition) is 0. The molecule has 1 amide bonds. The molecular weight excluding hydrogens is 378 g/mol. The van der Waals surface area contributed by atoms with Gasteiger partial charge in [-0.1, -0.05) is 59.9 Å². The second-order valence-corrected chi connectivity index (χ2v) is 7.83. The Hall–Kier alpha value is -2.31. The quantitative estimate of drug-likeness (QED) is 0.515. The molecule has 3 rings (SSSR count). The molecule has 1 heterocycles. The predicted molar refractivity (Wildman–Crippen MR) is 114 cm³/mol. The van der Waals surface area contributed by atoms with Crippen LogP contribution < -0.4 is 9.47 Å². The molecule has 1 aliphatic rings. The van der Waals surface area contributed by atoms with Crippen LogP contribution in [0.4, 0.5) is 0 Å². The molecule has 1 fully saturated rings. The van der Waals surface area contributed by atoms with Crippen molar-refractivity contribution in [3.63, 3.8) is 0 Å². The summed E-state index contributed by atoms with van der Waals surface area (Å²) in [5.74, 6) is 1.26. The third-order valence-electron chi connectivity index (χ3n) is 4.07. The maximum Gasteiger partial charge on any atom is 0.265 e. The third-order valence-corrected chi connectivity index (χ3v) is 5.55. The van der Waals surface area contributed by atoms with E-state index in [1.165, 1.54) is 22.2 Å². The first kappa shape index (κ1) is 19.5. The monoisotopic (exact) mass is 399 g/mol. The van der Waals surface area contributed by atoms with Crippen molar-refractivity contribution in [1.29, 1.82) is 0 Å². The SMILES string of the molecule is CCOc1cc(/C=C2\SC(=S)N(C)C2=O)ccc1OCc1ccc(C)cc1. The van der Waals surface area contributed by atoms with Crippen LogP contribution in [0.15, 0.2) is 47.4 Å². The number of thiocarbonyl (C=S) groups is 1. The molecule has 0 aliphatic carbocycles. The summed E-state index contributed by atoms with van der Waals surface area (Å²) in [4.78, 5) is 14.3. The highest BCUT2D eigenvalue weighted by atomic mass is 32.2. The number of likely N-dealkylation sites (N-methyl/N-ethyl adjacent to an activating group) is 1. The van der Waals surface area contributed by atoms with Crippen LogP contribution in [0.2, 0.25) is 0 Å². The van der Waals surface area contributed by atoms with Crippen LogP contribution in [0.3, 0.4) is 0 Å². The molecule has 0 atom stereocenters. The summed E-state index contributed by atoms with van der Waals surface area (Å²) >= 11 is 6.48. The minimum absolute atomic E-state index is 0.0809. The summed E-state index contributed by atoms with van der Waals surface area (Å²) in [7, 11) is 1.69. The summed E-state index contributed by atoms with van der Waals surface area (Å²) < 4.78 is 12.2. The predicted octanol–water partition coefficient (Wildman–Crippen LogP) is 4.80. The first-order valence-corrected chi connectivity index (χ1v) is 9.87. The van der Waals surface area contributed by atoms with Gasteiger partial charge < -0.3 is 9.47 Å². The zero-order valence-corrected chi connectivity index (χ0v) is 17.2. The van der Waals surface area contributed by atoms with E-state index in [0.29, 0.717) is 33.9 Å². The number of rotatable bonds is 6. The molecule has 27 heavy (non-hydrogen) atoms. The smallest absolute Gasteiger partial charge is 0.265 e. The van der Waals surface area contributed by atoms with E-state index in [4.69, 9.17) is 21.7 Å². The molecule has 0 bridgehead atoms. The van der Waals surface area contributed by atoms with Crippen molar-refractivity contribution in [2.45, 2.75) is 20.5 Å². The minimum Gasteiger partial charge on any atom is -0.490 e. The number of nitrogens with zero attached hydrogens (tertiary/aromatic N) is 1. The van der Waals surface area contributed by atoms with Crippen molar-refractivity contribution in [2.24, 2.45) is 0 Å². The van der Waals surface area contributed by atoms with Crippen LogP contribution in [0.25, 0.3) is 6.08 Å². The van der Waals surface area contributed by atoms with E-state index in [1.54, 1.807) is 7.05 Å². The normalized spacial score (nSPS) is 15.5. The average Bonchev–Trinajstić information content (AvgIpc) is 2.89. The van der Waals surface area contributed by atoms with E-state index in [-0.39, 0.29) is 5.91 Å². The van der Waals surface area contributed by atoms with E-state index < -0.39 is 0 Å². The molecule has 6 heteroatoms. The maximum atomic E-state index is 12.2. The van der Waals surface area contributed by atoms with E-state index in [0.717, 1.165) is 11.1 Å². The summed E-state index contributed by atoms with van der Waals surface area (Å²) in [6.45, 7) is 4.98. The lowest BCUT2D eigenvalue weighted by atomic mass is 10.1. The van der Waals surface area contributed by atoms with Gasteiger partial charge in [-0.2, -0.15) is 0 Å². The number of ether oxygens (including phenoxy) is 2. The Bertz CT molecular complexity index is 891. The molecule has 2 aromatic carbocycles. The molecule has 0 radical (unpaired) electrons. The topological polar surface area (TPSA) is 38.8 Å². The number of thioether (sulfide) groups is 1. The fourth-order valence-corrected chi connectivity index (χ4v) is 3.72. The van der Waals surface area contributed by atoms with Crippen molar-refractivity contribution in [3.8, 4) is 11.5 Å². The van der Waals surface area contributed by atoms with Gasteiger partial charge in [0.05, 0.1) is 11.5 Å². The van der Waals surface area contributed by atoms with Gasteiger partial charge in [-0.25, -0.2) is 0 Å². The molecule has 2 aromatic rings. The maximum absolute atomic E-state index is 12.2. The third kappa shape index (κ3) is 4.70. The summed E-state index contributed by atoms with van der Waals surface area (Å²) in [6.07, 6.45) is 1.83. The van der Waals surface area contributed by atoms with Crippen molar-refractivity contribution >= 4 is 40.3 Å². The highest BCUT2D eigenvalue weighted by molar-refractivity contribution is 8.26. The summed E-state index contributed by atoms with van der Waals surface area (Å²) in [5, 5.41) is 0. The molecule has 0 saturated carbocycles. The van der Waals surface area contributed by atoms with E-state index in [1.807, 2.05) is 31.2 Å². The Morgan fingerprint density at radius 1 is 1.11 bits per heavy atom. The Kier molecular flexibility index (Phi) is 6.19. The first-order chi connectivity index (χ1) is 13.0. The van der Waals surface area contributed by atoms with Gasteiger partial charge in [-0.3, -0.25) is 9.69 Å². The first-order valence-electron chi connectivity index (χ1n) is 8.64. The average molecular weight is 400 g/mol. The molecule has 0 unspecified atom stereocenters. The molecule has 1 saturated heterocycles. The van der Waals surface area contributed by atoms with Crippen LogP contribution in [-0.2, 0) is 11.4 Å². The fourth-order valence-electron chi connectivity index (χ4n) is 2.54. The van der Waals surface area contributed by atoms with E-state index in [9.17, 15) is 4.79 Å². The van der Waals surface area contributed by atoms with Gasteiger partial charge in [0.25, 0.3) is 5.91 Å². The summed E-state index contributed by atoms with van der Waals surface area (Å²) in [5.41, 5.74) is 3.18. The molecule has 0 aromatic heterocycles. The number of carbonyl (C=O) groups excluding carboxylic acids is 1. The Morgan fingerprint density at radius 3 is 2.48 bits per heavy atom. The van der Waals surface area contributed by atoms with Crippen LogP contribution >= 0.6 is 24.0 Å². The zero-order valence-electron chi connectivity index (χ0n) is 15.5. The standard InChI is InChI=1S/C21H21NO3S2/c1-4-24-18-11-16(12-19-20(23)22(3)21(26)27-19)9-10-17(18)25-13-15-7-5-14(2)6-8-15/h5-12H,4,13H2,1-3H3/b19-12-. The number of carbonyl (C=O) groups is 1. The molecular formula is C21H21NO3S2. The number of benzene rings is 2. The second kappa shape index (κ2) is 8.59. The van der Waals surface area contributed by atoms with Gasteiger partial charge in [0.2, 0.25) is 0 Å². The molecule has 0 spiro atoms. The lowest BCUT2D eigenvalue weighted by molar-refractivity contribution is -0.121. The minimum atomic E-state index is -0.0809. The highest BCUT2D eigenvalue weighted by Crippen LogP contribution is 2.34. The van der Waals surface area contributed by atoms with Gasteiger partial charge in [0.15, 0.2) is 11.5 Å². The highest BCUT2D eigenvalue weighted by Gasteiger charge is 2.28. The molecule has 4 nitrogen and oxygen atoms in total. The van der Waals surface area contributed by atoms with E-state index >= 15 is 0 Å². The number of amides is 1. The van der Waals surface area contributed by atoms with E-state index in [2.05, 4.69) is 31.2 Å². The van der Waals surface area contributed by atoms with Crippen LogP contribution in [-0.4, -0.2) is 28.8 Å². The molecule has 140 valence electrons. The van der Waals surface area contributed by atoms with Gasteiger partial charge in [-0.05, 0) is 43.2 Å². The van der Waals surface area contributed by atoms with Gasteiger partial charge in [0, 0.05) is 7.05 Å². The van der Waals surface area contributed by atoms with Crippen molar-refractivity contribution in [2.75, 3.05) is 13.7 Å². The Morgan fingerprint density at radius 2 is 1.85 bits per heavy atom. The number of aryl methyl sites for hydroxylation is 1. The van der Waals surface area contributed by atoms with Crippen LogP contribution in [0, 0.1) is 6.92 Å². The van der Waals surface area contributed by atoms with Gasteiger partial charge in [-0.15, -0.1) is 0 Å². The van der Waals surface area contributed by atoms with Gasteiger partial charge in [0.1, 0.15) is 10.9 Å².